The summed E-state index contributed by atoms with van der Waals surface area (Å²) in [4.78, 5) is 11.5. The number of halogens is 4. The molecular weight excluding hydrogens is 562 g/mol. The summed E-state index contributed by atoms with van der Waals surface area (Å²) in [7, 11) is -3.53. The number of benzene rings is 3. The number of aryl methyl sites for hydroxylation is 1. The molecular formula is C29H33F4N3O4S. The fourth-order valence-electron chi connectivity index (χ4n) is 4.32. The van der Waals surface area contributed by atoms with Crippen molar-refractivity contribution < 1.29 is 35.9 Å². The first-order chi connectivity index (χ1) is 19.3. The second kappa shape index (κ2) is 14.5. The van der Waals surface area contributed by atoms with Crippen molar-refractivity contribution in [3.63, 3.8) is 0 Å². The molecule has 0 unspecified atom stereocenters. The molecule has 1 saturated heterocycles. The van der Waals surface area contributed by atoms with Gasteiger partial charge in [0.1, 0.15) is 5.82 Å². The summed E-state index contributed by atoms with van der Waals surface area (Å²) in [5.74, 6) is -2.98. The number of carboxylic acids is 1. The van der Waals surface area contributed by atoms with E-state index >= 15 is 0 Å². The monoisotopic (exact) mass is 595 g/mol. The maximum atomic E-state index is 13.0. The number of carboxylic acid groups (broad SMARTS) is 1. The second-order valence-electron chi connectivity index (χ2n) is 9.66. The number of likely N-dealkylation sites (tertiary alicyclic amines) is 1. The Bertz CT molecular complexity index is 1390. The minimum absolute atomic E-state index is 0.228. The van der Waals surface area contributed by atoms with Crippen LogP contribution in [-0.4, -0.2) is 56.7 Å². The number of hydrogen-bond acceptors (Lipinski definition) is 5. The maximum Gasteiger partial charge on any atom is 0.490 e. The molecule has 0 radical (unpaired) electrons. The lowest BCUT2D eigenvalue weighted by atomic mass is 10.0. The van der Waals surface area contributed by atoms with Gasteiger partial charge in [-0.15, -0.1) is 0 Å². The molecule has 1 aliphatic rings. The van der Waals surface area contributed by atoms with Gasteiger partial charge >= 0.3 is 12.1 Å². The van der Waals surface area contributed by atoms with E-state index in [1.165, 1.54) is 25.0 Å². The summed E-state index contributed by atoms with van der Waals surface area (Å²) in [5, 5.41) is 10.5. The Labute approximate surface area is 237 Å². The highest BCUT2D eigenvalue weighted by Gasteiger charge is 2.38. The van der Waals surface area contributed by atoms with E-state index in [1.54, 1.807) is 18.2 Å². The quantitative estimate of drug-likeness (QED) is 0.282. The van der Waals surface area contributed by atoms with Crippen molar-refractivity contribution in [2.75, 3.05) is 26.2 Å². The molecule has 0 spiro atoms. The molecule has 3 aromatic rings. The lowest BCUT2D eigenvalue weighted by Gasteiger charge is -2.16. The maximum absolute atomic E-state index is 13.0. The molecule has 0 saturated carbocycles. The summed E-state index contributed by atoms with van der Waals surface area (Å²) in [6.07, 6.45) is -2.69. The van der Waals surface area contributed by atoms with Gasteiger partial charge in [0.25, 0.3) is 0 Å². The molecule has 3 aromatic carbocycles. The van der Waals surface area contributed by atoms with Crippen molar-refractivity contribution in [1.29, 1.82) is 0 Å². The molecule has 4 rings (SSSR count). The highest BCUT2D eigenvalue weighted by atomic mass is 32.2. The molecule has 0 bridgehead atoms. The minimum Gasteiger partial charge on any atom is -0.475 e. The van der Waals surface area contributed by atoms with Gasteiger partial charge in [-0.2, -0.15) is 13.2 Å². The van der Waals surface area contributed by atoms with Gasteiger partial charge in [-0.05, 0) is 78.9 Å². The summed E-state index contributed by atoms with van der Waals surface area (Å²) >= 11 is 0. The second-order valence-corrected chi connectivity index (χ2v) is 11.4. The van der Waals surface area contributed by atoms with Crippen LogP contribution in [0.4, 0.5) is 17.6 Å². The highest BCUT2D eigenvalue weighted by Crippen LogP contribution is 2.25. The predicted octanol–water partition coefficient (Wildman–Crippen LogP) is 5.10. The van der Waals surface area contributed by atoms with E-state index in [4.69, 9.17) is 9.90 Å². The summed E-state index contributed by atoms with van der Waals surface area (Å²) < 4.78 is 73.1. The van der Waals surface area contributed by atoms with Gasteiger partial charge in [-0.3, -0.25) is 0 Å². The van der Waals surface area contributed by atoms with Crippen molar-refractivity contribution in [3.8, 4) is 11.1 Å². The lowest BCUT2D eigenvalue weighted by molar-refractivity contribution is -0.192. The zero-order valence-electron chi connectivity index (χ0n) is 22.5. The zero-order chi connectivity index (χ0) is 30.0. The summed E-state index contributed by atoms with van der Waals surface area (Å²) in [6, 6.07) is 20.2. The normalized spacial score (nSPS) is 14.0. The van der Waals surface area contributed by atoms with Crippen LogP contribution in [0, 0.1) is 12.7 Å². The standard InChI is InChI=1S/C27H32FN3O2S.C2HF3O2/c1-21-18-25(10-13-27(21)34(32,33)30-14-17-31-15-2-3-16-31)24-8-4-22(5-9-24)19-29-20-23-6-11-26(28)12-7-23;3-2(4,5)1(6)7/h4-13,18,29-30H,2-3,14-17,19-20H2,1H3;(H,6,7). The fraction of sp³-hybridized carbons (Fsp3) is 0.345. The first-order valence-electron chi connectivity index (χ1n) is 13.0. The third kappa shape index (κ3) is 10.2. The Kier molecular flexibility index (Phi) is 11.4. The van der Waals surface area contributed by atoms with Gasteiger partial charge < -0.3 is 15.3 Å². The molecule has 222 valence electrons. The van der Waals surface area contributed by atoms with Crippen LogP contribution in [0.2, 0.25) is 0 Å². The van der Waals surface area contributed by atoms with Crippen LogP contribution in [0.3, 0.4) is 0 Å². The van der Waals surface area contributed by atoms with Gasteiger partial charge in [0.2, 0.25) is 10.0 Å². The number of nitrogens with one attached hydrogen (secondary N) is 2. The van der Waals surface area contributed by atoms with E-state index in [9.17, 15) is 26.0 Å². The SMILES string of the molecule is Cc1cc(-c2ccc(CNCc3ccc(F)cc3)cc2)ccc1S(=O)(=O)NCCN1CCCC1.O=C(O)C(F)(F)F. The van der Waals surface area contributed by atoms with Crippen molar-refractivity contribution in [2.24, 2.45) is 0 Å². The Balaban J connectivity index is 0.000000587. The van der Waals surface area contributed by atoms with Crippen LogP contribution < -0.4 is 10.0 Å². The van der Waals surface area contributed by atoms with E-state index < -0.39 is 22.2 Å². The van der Waals surface area contributed by atoms with Crippen molar-refractivity contribution in [3.05, 3.63) is 89.2 Å². The number of aliphatic carboxylic acids is 1. The van der Waals surface area contributed by atoms with E-state index in [1.807, 2.05) is 31.2 Å². The molecule has 41 heavy (non-hydrogen) atoms. The van der Waals surface area contributed by atoms with Crippen LogP contribution in [0.5, 0.6) is 0 Å². The number of carbonyl (C=O) groups is 1. The van der Waals surface area contributed by atoms with Gasteiger partial charge in [0.05, 0.1) is 4.90 Å². The van der Waals surface area contributed by atoms with E-state index in [0.717, 1.165) is 47.5 Å². The van der Waals surface area contributed by atoms with Gasteiger partial charge in [0.15, 0.2) is 0 Å². The molecule has 3 N–H and O–H groups in total. The van der Waals surface area contributed by atoms with E-state index in [0.29, 0.717) is 24.5 Å². The largest absolute Gasteiger partial charge is 0.490 e. The van der Waals surface area contributed by atoms with E-state index in [2.05, 4.69) is 27.1 Å². The third-order valence-corrected chi connectivity index (χ3v) is 8.11. The molecule has 0 aliphatic carbocycles. The van der Waals surface area contributed by atoms with Gasteiger partial charge in [0, 0.05) is 26.2 Å². The van der Waals surface area contributed by atoms with Crippen LogP contribution in [0.15, 0.2) is 71.6 Å². The van der Waals surface area contributed by atoms with Crippen LogP contribution in [0.1, 0.15) is 29.5 Å². The third-order valence-electron chi connectivity index (χ3n) is 6.48. The minimum atomic E-state index is -5.08. The Hall–Kier alpha value is -3.32. The van der Waals surface area contributed by atoms with Gasteiger partial charge in [-0.25, -0.2) is 22.3 Å². The predicted molar refractivity (Wildman–Crippen MR) is 148 cm³/mol. The Morgan fingerprint density at radius 1 is 0.902 bits per heavy atom. The number of nitrogens with zero attached hydrogens (tertiary/aromatic N) is 1. The number of sulfonamides is 1. The molecule has 0 amide bonds. The topological polar surface area (TPSA) is 98.7 Å². The average molecular weight is 596 g/mol. The van der Waals surface area contributed by atoms with Crippen molar-refractivity contribution in [1.82, 2.24) is 14.9 Å². The fourth-order valence-corrected chi connectivity index (χ4v) is 5.57. The summed E-state index contributed by atoms with van der Waals surface area (Å²) in [6.45, 7) is 6.51. The molecule has 0 aromatic heterocycles. The van der Waals surface area contributed by atoms with Crippen LogP contribution in [0.25, 0.3) is 11.1 Å². The molecule has 1 aliphatic heterocycles. The number of hydrogen-bond donors (Lipinski definition) is 3. The van der Waals surface area contributed by atoms with Crippen LogP contribution in [-0.2, 0) is 27.9 Å². The summed E-state index contributed by atoms with van der Waals surface area (Å²) in [5.41, 5.74) is 4.94. The first-order valence-corrected chi connectivity index (χ1v) is 14.5. The first kappa shape index (κ1) is 32.2. The van der Waals surface area contributed by atoms with Crippen LogP contribution >= 0.6 is 0 Å². The van der Waals surface area contributed by atoms with Gasteiger partial charge in [-0.1, -0.05) is 48.5 Å². The molecule has 7 nitrogen and oxygen atoms in total. The molecule has 0 atom stereocenters. The molecule has 12 heteroatoms. The zero-order valence-corrected chi connectivity index (χ0v) is 23.4. The van der Waals surface area contributed by atoms with Crippen molar-refractivity contribution >= 4 is 16.0 Å². The average Bonchev–Trinajstić information content (AvgIpc) is 3.43. The Morgan fingerprint density at radius 3 is 1.93 bits per heavy atom. The smallest absolute Gasteiger partial charge is 0.475 e. The van der Waals surface area contributed by atoms with Crippen molar-refractivity contribution in [2.45, 2.75) is 43.9 Å². The number of alkyl halides is 3. The molecule has 1 heterocycles. The lowest BCUT2D eigenvalue weighted by Crippen LogP contribution is -2.33. The number of rotatable bonds is 10. The highest BCUT2D eigenvalue weighted by molar-refractivity contribution is 7.89. The Morgan fingerprint density at radius 2 is 1.41 bits per heavy atom. The van der Waals surface area contributed by atoms with E-state index in [-0.39, 0.29) is 5.82 Å². The molecule has 1 fully saturated rings.